The molecule has 1 heterocycles. The minimum atomic E-state index is -3.74. The number of rotatable bonds is 9. The molecule has 0 radical (unpaired) electrons. The molecule has 0 saturated carbocycles. The first-order valence-corrected chi connectivity index (χ1v) is 12.4. The van der Waals surface area contributed by atoms with Gasteiger partial charge in [0.25, 0.3) is 0 Å². The van der Waals surface area contributed by atoms with Gasteiger partial charge in [0.2, 0.25) is 21.1 Å². The molecule has 1 atom stereocenters. The summed E-state index contributed by atoms with van der Waals surface area (Å²) in [6.45, 7) is 1.74. The number of anilines is 2. The summed E-state index contributed by atoms with van der Waals surface area (Å²) in [5.41, 5.74) is 1.19. The second kappa shape index (κ2) is 9.96. The van der Waals surface area contributed by atoms with Crippen molar-refractivity contribution in [2.24, 2.45) is 0 Å². The minimum absolute atomic E-state index is 0.259. The highest BCUT2D eigenvalue weighted by Gasteiger charge is 2.32. The van der Waals surface area contributed by atoms with Crippen molar-refractivity contribution in [3.8, 4) is 22.1 Å². The quantitative estimate of drug-likeness (QED) is 0.504. The topological polar surface area (TPSA) is 111 Å². The van der Waals surface area contributed by atoms with Gasteiger partial charge in [-0.05, 0) is 55.0 Å². The van der Waals surface area contributed by atoms with Gasteiger partial charge in [0.15, 0.2) is 0 Å². The van der Waals surface area contributed by atoms with E-state index in [0.717, 1.165) is 21.9 Å². The van der Waals surface area contributed by atoms with Gasteiger partial charge in [-0.1, -0.05) is 18.3 Å². The number of hydrogen-bond donors (Lipinski definition) is 1. The number of hydrogen-bond acceptors (Lipinski definition) is 8. The Labute approximate surface area is 191 Å². The van der Waals surface area contributed by atoms with E-state index in [2.05, 4.69) is 15.5 Å². The fourth-order valence-corrected chi connectivity index (χ4v) is 5.07. The van der Waals surface area contributed by atoms with E-state index in [4.69, 9.17) is 9.47 Å². The van der Waals surface area contributed by atoms with Crippen LogP contribution in [0.15, 0.2) is 48.5 Å². The lowest BCUT2D eigenvalue weighted by molar-refractivity contribution is -0.117. The van der Waals surface area contributed by atoms with Crippen molar-refractivity contribution in [3.63, 3.8) is 0 Å². The Bertz CT molecular complexity index is 1160. The molecule has 0 fully saturated rings. The molecular weight excluding hydrogens is 452 g/mol. The van der Waals surface area contributed by atoms with Crippen molar-refractivity contribution < 1.29 is 22.7 Å². The third-order valence-corrected chi connectivity index (χ3v) is 6.72. The molecule has 0 bridgehead atoms. The molecule has 9 nitrogen and oxygen atoms in total. The van der Waals surface area contributed by atoms with E-state index in [1.54, 1.807) is 50.4 Å². The first-order chi connectivity index (χ1) is 15.3. The van der Waals surface area contributed by atoms with Crippen LogP contribution in [0.25, 0.3) is 10.6 Å². The average Bonchev–Trinajstić information content (AvgIpc) is 3.25. The molecule has 0 aliphatic rings. The Hall–Kier alpha value is -3.18. The number of aromatic nitrogens is 2. The van der Waals surface area contributed by atoms with Crippen molar-refractivity contribution >= 4 is 38.1 Å². The van der Waals surface area contributed by atoms with E-state index in [0.29, 0.717) is 16.4 Å². The van der Waals surface area contributed by atoms with Crippen LogP contribution in [0.3, 0.4) is 0 Å². The summed E-state index contributed by atoms with van der Waals surface area (Å²) in [5.74, 6) is 0.808. The number of benzene rings is 2. The van der Waals surface area contributed by atoms with E-state index in [1.165, 1.54) is 18.4 Å². The third kappa shape index (κ3) is 5.35. The van der Waals surface area contributed by atoms with Crippen LogP contribution in [0, 0.1) is 0 Å². The Kier molecular flexibility index (Phi) is 7.31. The highest BCUT2D eigenvalue weighted by Crippen LogP contribution is 2.29. The number of nitrogens with one attached hydrogen (secondary N) is 1. The van der Waals surface area contributed by atoms with Gasteiger partial charge in [-0.3, -0.25) is 14.4 Å². The van der Waals surface area contributed by atoms with E-state index < -0.39 is 22.0 Å². The van der Waals surface area contributed by atoms with Crippen molar-refractivity contribution in [2.75, 3.05) is 30.1 Å². The third-order valence-electron chi connectivity index (χ3n) is 4.65. The van der Waals surface area contributed by atoms with Crippen molar-refractivity contribution in [3.05, 3.63) is 48.5 Å². The van der Waals surface area contributed by atoms with Crippen LogP contribution in [0.1, 0.15) is 13.3 Å². The van der Waals surface area contributed by atoms with Crippen molar-refractivity contribution in [1.82, 2.24) is 10.2 Å². The molecule has 1 aromatic heterocycles. The first kappa shape index (κ1) is 23.5. The lowest BCUT2D eigenvalue weighted by Gasteiger charge is -2.29. The fraction of sp³-hybridized carbons (Fsp3) is 0.286. The Balaban J connectivity index is 1.82. The summed E-state index contributed by atoms with van der Waals surface area (Å²) in [7, 11) is -0.635. The zero-order valence-corrected chi connectivity index (χ0v) is 19.7. The van der Waals surface area contributed by atoms with E-state index in [1.807, 2.05) is 12.1 Å². The predicted octanol–water partition coefficient (Wildman–Crippen LogP) is 3.41. The summed E-state index contributed by atoms with van der Waals surface area (Å²) in [6.07, 6.45) is 1.33. The van der Waals surface area contributed by atoms with Crippen LogP contribution < -0.4 is 19.1 Å². The summed E-state index contributed by atoms with van der Waals surface area (Å²) in [5, 5.41) is 11.7. The number of carbonyl (C=O) groups is 1. The van der Waals surface area contributed by atoms with Crippen LogP contribution in [0.2, 0.25) is 0 Å². The molecule has 0 aliphatic carbocycles. The predicted molar refractivity (Wildman–Crippen MR) is 125 cm³/mol. The molecule has 2 aromatic carbocycles. The number of carbonyl (C=O) groups excluding carboxylic acids is 1. The Morgan fingerprint density at radius 1 is 1.03 bits per heavy atom. The van der Waals surface area contributed by atoms with Gasteiger partial charge in [-0.2, -0.15) is 0 Å². The maximum atomic E-state index is 13.0. The van der Waals surface area contributed by atoms with Gasteiger partial charge in [-0.25, -0.2) is 8.42 Å². The molecule has 1 N–H and O–H groups in total. The summed E-state index contributed by atoms with van der Waals surface area (Å²) in [4.78, 5) is 13.0. The average molecular weight is 477 g/mol. The van der Waals surface area contributed by atoms with Gasteiger partial charge >= 0.3 is 0 Å². The number of ether oxygens (including phenoxy) is 2. The normalized spacial score (nSPS) is 12.1. The van der Waals surface area contributed by atoms with Crippen LogP contribution in [0.5, 0.6) is 11.5 Å². The van der Waals surface area contributed by atoms with Gasteiger partial charge < -0.3 is 9.47 Å². The molecule has 32 heavy (non-hydrogen) atoms. The molecule has 0 unspecified atom stereocenters. The SMILES string of the molecule is CC[C@H](C(=O)Nc1nnc(-c2ccc(OC)cc2)s1)N(c1ccc(OC)cc1)S(C)(=O)=O. The highest BCUT2D eigenvalue weighted by atomic mass is 32.2. The minimum Gasteiger partial charge on any atom is -0.497 e. The van der Waals surface area contributed by atoms with E-state index in [9.17, 15) is 13.2 Å². The molecule has 170 valence electrons. The molecule has 0 saturated heterocycles. The van der Waals surface area contributed by atoms with Crippen molar-refractivity contribution in [1.29, 1.82) is 0 Å². The largest absolute Gasteiger partial charge is 0.497 e. The smallest absolute Gasteiger partial charge is 0.250 e. The lowest BCUT2D eigenvalue weighted by atomic mass is 10.2. The zero-order chi connectivity index (χ0) is 23.3. The van der Waals surface area contributed by atoms with Crippen LogP contribution in [-0.2, 0) is 14.8 Å². The second-order valence-electron chi connectivity index (χ2n) is 6.81. The van der Waals surface area contributed by atoms with E-state index >= 15 is 0 Å². The maximum Gasteiger partial charge on any atom is 0.250 e. The van der Waals surface area contributed by atoms with Gasteiger partial charge in [-0.15, -0.1) is 10.2 Å². The van der Waals surface area contributed by atoms with Crippen molar-refractivity contribution in [2.45, 2.75) is 19.4 Å². The van der Waals surface area contributed by atoms with Crippen LogP contribution in [0.4, 0.5) is 10.8 Å². The Morgan fingerprint density at radius 2 is 1.59 bits per heavy atom. The molecule has 0 spiro atoms. The molecular formula is C21H24N4O5S2. The van der Waals surface area contributed by atoms with Gasteiger partial charge in [0.05, 0.1) is 26.2 Å². The molecule has 11 heteroatoms. The molecule has 3 rings (SSSR count). The summed E-state index contributed by atoms with van der Waals surface area (Å²) >= 11 is 1.20. The fourth-order valence-electron chi connectivity index (χ4n) is 3.10. The van der Waals surface area contributed by atoms with Gasteiger partial charge in [0, 0.05) is 5.56 Å². The van der Waals surface area contributed by atoms with Crippen LogP contribution in [-0.4, -0.2) is 51.0 Å². The first-order valence-electron chi connectivity index (χ1n) is 9.69. The standard InChI is InChI=1S/C21H24N4O5S2/c1-5-18(25(32(4,27)28)15-8-12-17(30-3)13-9-15)19(26)22-21-24-23-20(31-21)14-6-10-16(29-2)11-7-14/h6-13,18H,5H2,1-4H3,(H,22,24,26)/t18-/m1/s1. The number of nitrogens with zero attached hydrogens (tertiary/aromatic N) is 3. The second-order valence-corrected chi connectivity index (χ2v) is 9.65. The highest BCUT2D eigenvalue weighted by molar-refractivity contribution is 7.92. The van der Waals surface area contributed by atoms with Crippen LogP contribution >= 0.6 is 11.3 Å². The number of amides is 1. The van der Waals surface area contributed by atoms with E-state index in [-0.39, 0.29) is 11.6 Å². The van der Waals surface area contributed by atoms with Gasteiger partial charge in [0.1, 0.15) is 22.5 Å². The molecule has 3 aromatic rings. The lowest BCUT2D eigenvalue weighted by Crippen LogP contribution is -2.46. The number of methoxy groups -OCH3 is 2. The monoisotopic (exact) mass is 476 g/mol. The summed E-state index contributed by atoms with van der Waals surface area (Å²) in [6, 6.07) is 12.8. The summed E-state index contributed by atoms with van der Waals surface area (Å²) < 4.78 is 36.5. The maximum absolute atomic E-state index is 13.0. The molecule has 0 aliphatic heterocycles. The zero-order valence-electron chi connectivity index (χ0n) is 18.1. The number of sulfonamides is 1. The molecule has 1 amide bonds. The Morgan fingerprint density at radius 3 is 2.09 bits per heavy atom.